The second-order valence-corrected chi connectivity index (χ2v) is 8.48. The molecule has 3 aromatic rings. The molecule has 1 aromatic heterocycles. The van der Waals surface area contributed by atoms with E-state index in [0.29, 0.717) is 41.1 Å². The zero-order chi connectivity index (χ0) is 22.0. The van der Waals surface area contributed by atoms with Crippen molar-refractivity contribution >= 4 is 26.9 Å². The number of aliphatic hydroxyl groups is 1. The van der Waals surface area contributed by atoms with Crippen LogP contribution in [0.2, 0.25) is 0 Å². The Morgan fingerprint density at radius 2 is 1.81 bits per heavy atom. The Kier molecular flexibility index (Phi) is 6.62. The van der Waals surface area contributed by atoms with Crippen molar-refractivity contribution in [2.75, 3.05) is 39.3 Å². The van der Waals surface area contributed by atoms with Gasteiger partial charge in [0.1, 0.15) is 22.8 Å². The van der Waals surface area contributed by atoms with Crippen LogP contribution in [0.5, 0.6) is 17.2 Å². The summed E-state index contributed by atoms with van der Waals surface area (Å²) in [6.07, 6.45) is 0. The Labute approximate surface area is 188 Å². The van der Waals surface area contributed by atoms with Gasteiger partial charge in [0.2, 0.25) is 11.2 Å². The first-order valence-corrected chi connectivity index (χ1v) is 11.0. The molecule has 0 radical (unpaired) electrons. The third-order valence-corrected chi connectivity index (χ3v) is 6.23. The lowest BCUT2D eigenvalue weighted by atomic mass is 10.1. The number of hydrogen-bond acceptors (Lipinski definition) is 7. The van der Waals surface area contributed by atoms with E-state index in [-0.39, 0.29) is 23.5 Å². The van der Waals surface area contributed by atoms with Gasteiger partial charge >= 0.3 is 0 Å². The van der Waals surface area contributed by atoms with Gasteiger partial charge in [-0.3, -0.25) is 14.6 Å². The molecule has 1 saturated heterocycles. The predicted octanol–water partition coefficient (Wildman–Crippen LogP) is 3.47. The minimum Gasteiger partial charge on any atom is -0.507 e. The van der Waals surface area contributed by atoms with Gasteiger partial charge < -0.3 is 19.4 Å². The van der Waals surface area contributed by atoms with Gasteiger partial charge in [-0.05, 0) is 47.1 Å². The number of aryl methyl sites for hydroxylation is 1. The summed E-state index contributed by atoms with van der Waals surface area (Å²) in [6.45, 7) is 6.29. The maximum atomic E-state index is 13.2. The average Bonchev–Trinajstić information content (AvgIpc) is 2.76. The van der Waals surface area contributed by atoms with Crippen LogP contribution >= 0.6 is 15.9 Å². The largest absolute Gasteiger partial charge is 0.507 e. The van der Waals surface area contributed by atoms with Crippen molar-refractivity contribution < 1.29 is 19.4 Å². The highest BCUT2D eigenvalue weighted by Crippen LogP contribution is 2.33. The number of nitrogens with zero attached hydrogens (tertiary/aromatic N) is 2. The second kappa shape index (κ2) is 9.40. The number of phenols is 1. The van der Waals surface area contributed by atoms with Gasteiger partial charge in [0, 0.05) is 39.3 Å². The Balaban J connectivity index is 1.66. The summed E-state index contributed by atoms with van der Waals surface area (Å²) < 4.78 is 12.6. The Morgan fingerprint density at radius 3 is 2.52 bits per heavy atom. The van der Waals surface area contributed by atoms with E-state index in [2.05, 4.69) is 25.7 Å². The van der Waals surface area contributed by atoms with Crippen LogP contribution < -0.4 is 10.2 Å². The van der Waals surface area contributed by atoms with Gasteiger partial charge in [0.05, 0.1) is 22.0 Å². The topological polar surface area (TPSA) is 86.4 Å². The van der Waals surface area contributed by atoms with Crippen molar-refractivity contribution in [2.24, 2.45) is 0 Å². The van der Waals surface area contributed by atoms with Crippen molar-refractivity contribution in [1.29, 1.82) is 0 Å². The molecule has 2 aromatic carbocycles. The number of benzene rings is 2. The van der Waals surface area contributed by atoms with E-state index in [4.69, 9.17) is 14.3 Å². The summed E-state index contributed by atoms with van der Waals surface area (Å²) in [5.41, 5.74) is 0.712. The summed E-state index contributed by atoms with van der Waals surface area (Å²) in [5.74, 6) is 1.12. The van der Waals surface area contributed by atoms with E-state index in [9.17, 15) is 9.90 Å². The van der Waals surface area contributed by atoms with E-state index in [1.54, 1.807) is 19.1 Å². The molecule has 0 unspecified atom stereocenters. The predicted molar refractivity (Wildman–Crippen MR) is 122 cm³/mol. The fourth-order valence-electron chi connectivity index (χ4n) is 3.84. The van der Waals surface area contributed by atoms with Crippen LogP contribution in [0.1, 0.15) is 11.3 Å². The molecule has 0 saturated carbocycles. The summed E-state index contributed by atoms with van der Waals surface area (Å²) in [4.78, 5) is 17.6. The van der Waals surface area contributed by atoms with Crippen LogP contribution in [0.4, 0.5) is 0 Å². The number of phenolic OH excluding ortho intramolecular Hbond substituents is 1. The Morgan fingerprint density at radius 1 is 1.10 bits per heavy atom. The average molecular weight is 489 g/mol. The number of rotatable bonds is 6. The van der Waals surface area contributed by atoms with Crippen molar-refractivity contribution in [3.63, 3.8) is 0 Å². The van der Waals surface area contributed by atoms with Crippen molar-refractivity contribution in [1.82, 2.24) is 9.80 Å². The lowest BCUT2D eigenvalue weighted by Crippen LogP contribution is -2.46. The maximum absolute atomic E-state index is 13.2. The number of aromatic hydroxyl groups is 1. The van der Waals surface area contributed by atoms with Crippen LogP contribution in [0.15, 0.2) is 50.1 Å². The quantitative estimate of drug-likeness (QED) is 0.549. The number of para-hydroxylation sites is 1. The molecule has 0 bridgehead atoms. The number of fused-ring (bicyclic) bond motifs is 1. The molecule has 2 heterocycles. The first kappa shape index (κ1) is 21.8. The fourth-order valence-corrected chi connectivity index (χ4v) is 4.20. The van der Waals surface area contributed by atoms with Gasteiger partial charge in [-0.1, -0.05) is 12.1 Å². The molecule has 2 N–H and O–H groups in total. The highest BCUT2D eigenvalue weighted by atomic mass is 79.9. The molecule has 1 fully saturated rings. The minimum atomic E-state index is -0.275. The van der Waals surface area contributed by atoms with Crippen molar-refractivity contribution in [2.45, 2.75) is 13.5 Å². The highest BCUT2D eigenvalue weighted by Gasteiger charge is 2.22. The van der Waals surface area contributed by atoms with Crippen LogP contribution in [-0.4, -0.2) is 59.3 Å². The molecule has 4 rings (SSSR count). The minimum absolute atomic E-state index is 0.104. The van der Waals surface area contributed by atoms with Gasteiger partial charge in [-0.15, -0.1) is 0 Å². The number of piperazine rings is 1. The molecule has 164 valence electrons. The molecule has 7 nitrogen and oxygen atoms in total. The number of halogens is 1. The standard InChI is InChI=1S/C23H25BrN2O5/c1-15-22(31-20-5-3-2-4-18(20)24)21(29)16-6-7-19(28)17(23(16)30-15)14-26-10-8-25(9-11-26)12-13-27/h2-7,27-28H,8-14H2,1H3. The molecule has 1 aliphatic rings. The van der Waals surface area contributed by atoms with E-state index < -0.39 is 0 Å². The van der Waals surface area contributed by atoms with Gasteiger partial charge in [0.25, 0.3) is 0 Å². The Bertz CT molecular complexity index is 1140. The lowest BCUT2D eigenvalue weighted by molar-refractivity contribution is 0.108. The molecule has 0 aliphatic carbocycles. The van der Waals surface area contributed by atoms with E-state index in [0.717, 1.165) is 30.7 Å². The monoisotopic (exact) mass is 488 g/mol. The van der Waals surface area contributed by atoms with Crippen molar-refractivity contribution in [3.05, 3.63) is 62.4 Å². The zero-order valence-electron chi connectivity index (χ0n) is 17.3. The zero-order valence-corrected chi connectivity index (χ0v) is 18.9. The Hall–Kier alpha value is -2.39. The summed E-state index contributed by atoms with van der Waals surface area (Å²) in [7, 11) is 0. The first-order valence-electron chi connectivity index (χ1n) is 10.2. The van der Waals surface area contributed by atoms with Crippen LogP contribution in [0.25, 0.3) is 11.0 Å². The smallest absolute Gasteiger partial charge is 0.235 e. The summed E-state index contributed by atoms with van der Waals surface area (Å²) in [5, 5.41) is 20.0. The van der Waals surface area contributed by atoms with Gasteiger partial charge in [0.15, 0.2) is 0 Å². The van der Waals surface area contributed by atoms with E-state index >= 15 is 0 Å². The van der Waals surface area contributed by atoms with Crippen LogP contribution in [0.3, 0.4) is 0 Å². The van der Waals surface area contributed by atoms with Crippen LogP contribution in [0, 0.1) is 6.92 Å². The number of aliphatic hydroxyl groups excluding tert-OH is 1. The first-order chi connectivity index (χ1) is 15.0. The number of β-amino-alcohol motifs (C(OH)–C–C–N with tert-alkyl or cyclic N) is 1. The molecule has 0 spiro atoms. The molecular weight excluding hydrogens is 464 g/mol. The maximum Gasteiger partial charge on any atom is 0.235 e. The normalized spacial score (nSPS) is 15.5. The molecule has 31 heavy (non-hydrogen) atoms. The summed E-state index contributed by atoms with van der Waals surface area (Å²) in [6, 6.07) is 10.4. The van der Waals surface area contributed by atoms with Crippen molar-refractivity contribution in [3.8, 4) is 17.2 Å². The van der Waals surface area contributed by atoms with Gasteiger partial charge in [-0.25, -0.2) is 0 Å². The lowest BCUT2D eigenvalue weighted by Gasteiger charge is -2.34. The van der Waals surface area contributed by atoms with Gasteiger partial charge in [-0.2, -0.15) is 0 Å². The molecule has 0 atom stereocenters. The number of hydrogen-bond donors (Lipinski definition) is 2. The third kappa shape index (κ3) is 4.62. The molecule has 0 amide bonds. The SMILES string of the molecule is Cc1oc2c(CN3CCN(CCO)CC3)c(O)ccc2c(=O)c1Oc1ccccc1Br. The molecule has 1 aliphatic heterocycles. The molecular formula is C23H25BrN2O5. The molecule has 8 heteroatoms. The summed E-state index contributed by atoms with van der Waals surface area (Å²) >= 11 is 3.43. The van der Waals surface area contributed by atoms with E-state index in [1.165, 1.54) is 6.07 Å². The number of ether oxygens (including phenoxy) is 1. The third-order valence-electron chi connectivity index (χ3n) is 5.57. The fraction of sp³-hybridized carbons (Fsp3) is 0.348. The highest BCUT2D eigenvalue weighted by molar-refractivity contribution is 9.10. The second-order valence-electron chi connectivity index (χ2n) is 7.63. The van der Waals surface area contributed by atoms with Crippen LogP contribution in [-0.2, 0) is 6.54 Å². The van der Waals surface area contributed by atoms with E-state index in [1.807, 2.05) is 18.2 Å².